The molecule has 0 unspecified atom stereocenters. The number of aromatic nitrogens is 1. The highest BCUT2D eigenvalue weighted by atomic mass is 32.2. The van der Waals surface area contributed by atoms with Gasteiger partial charge in [0.05, 0.1) is 6.54 Å². The molecular formula is C12H20N4O3S. The number of rotatable bonds is 8. The van der Waals surface area contributed by atoms with Gasteiger partial charge in [-0.05, 0) is 25.5 Å². The summed E-state index contributed by atoms with van der Waals surface area (Å²) in [7, 11) is -3.71. The molecule has 7 nitrogen and oxygen atoms in total. The zero-order chi connectivity index (χ0) is 15.0. The number of pyridine rings is 1. The second-order valence-corrected chi connectivity index (χ2v) is 5.85. The highest BCUT2D eigenvalue weighted by Gasteiger charge is 2.15. The van der Waals surface area contributed by atoms with Crippen LogP contribution in [0.3, 0.4) is 0 Å². The fourth-order valence-corrected chi connectivity index (χ4v) is 2.32. The number of anilines is 1. The standard InChI is InChI=1S/C12H20N4O3S/c1-3-7-14-12(17)9-16-20(18,19)10-5-6-11(13-4-2)15-8-10/h5-6,8,16H,3-4,7,9H2,1-2H3,(H,13,15)(H,14,17). The van der Waals surface area contributed by atoms with Gasteiger partial charge in [0.2, 0.25) is 15.9 Å². The van der Waals surface area contributed by atoms with E-state index in [1.165, 1.54) is 12.3 Å². The molecule has 0 fully saturated rings. The van der Waals surface area contributed by atoms with Crippen LogP contribution < -0.4 is 15.4 Å². The number of amides is 1. The van der Waals surface area contributed by atoms with Crippen LogP contribution in [0.2, 0.25) is 0 Å². The highest BCUT2D eigenvalue weighted by molar-refractivity contribution is 7.89. The summed E-state index contributed by atoms with van der Waals surface area (Å²) in [4.78, 5) is 15.4. The third kappa shape index (κ3) is 5.14. The minimum absolute atomic E-state index is 0.0300. The fraction of sp³-hybridized carbons (Fsp3) is 0.500. The van der Waals surface area contributed by atoms with Gasteiger partial charge in [-0.25, -0.2) is 18.1 Å². The van der Waals surface area contributed by atoms with Crippen LogP contribution in [0.4, 0.5) is 5.82 Å². The minimum Gasteiger partial charge on any atom is -0.370 e. The fourth-order valence-electron chi connectivity index (χ4n) is 1.40. The number of carbonyl (C=O) groups is 1. The molecule has 0 aromatic carbocycles. The molecule has 0 bridgehead atoms. The Hall–Kier alpha value is -1.67. The maximum atomic E-state index is 11.9. The Morgan fingerprint density at radius 3 is 2.60 bits per heavy atom. The zero-order valence-electron chi connectivity index (χ0n) is 11.6. The van der Waals surface area contributed by atoms with Crippen LogP contribution in [0.15, 0.2) is 23.2 Å². The maximum absolute atomic E-state index is 11.9. The van der Waals surface area contributed by atoms with E-state index in [1.807, 2.05) is 13.8 Å². The molecule has 0 aliphatic rings. The Bertz CT molecular complexity index is 528. The lowest BCUT2D eigenvalue weighted by Crippen LogP contribution is -2.37. The van der Waals surface area contributed by atoms with Crippen molar-refractivity contribution in [3.8, 4) is 0 Å². The van der Waals surface area contributed by atoms with Gasteiger partial charge >= 0.3 is 0 Å². The Kier molecular flexibility index (Phi) is 6.40. The van der Waals surface area contributed by atoms with Gasteiger partial charge < -0.3 is 10.6 Å². The first kappa shape index (κ1) is 16.4. The van der Waals surface area contributed by atoms with Crippen LogP contribution in [-0.2, 0) is 14.8 Å². The molecule has 8 heteroatoms. The van der Waals surface area contributed by atoms with Gasteiger partial charge in [-0.2, -0.15) is 0 Å². The lowest BCUT2D eigenvalue weighted by atomic mass is 10.4. The van der Waals surface area contributed by atoms with Gasteiger partial charge in [0.25, 0.3) is 0 Å². The van der Waals surface area contributed by atoms with E-state index in [4.69, 9.17) is 0 Å². The molecule has 0 aliphatic carbocycles. The Labute approximate surface area is 119 Å². The van der Waals surface area contributed by atoms with E-state index in [0.717, 1.165) is 6.42 Å². The van der Waals surface area contributed by atoms with Crippen LogP contribution in [0.5, 0.6) is 0 Å². The topological polar surface area (TPSA) is 100 Å². The first-order valence-corrected chi connectivity index (χ1v) is 7.94. The quantitative estimate of drug-likeness (QED) is 0.642. The van der Waals surface area contributed by atoms with Crippen molar-refractivity contribution in [1.29, 1.82) is 0 Å². The molecule has 1 aromatic heterocycles. The third-order valence-corrected chi connectivity index (χ3v) is 3.79. The monoisotopic (exact) mass is 300 g/mol. The third-order valence-electron chi connectivity index (χ3n) is 2.40. The van der Waals surface area contributed by atoms with Gasteiger partial charge in [-0.3, -0.25) is 4.79 Å². The average molecular weight is 300 g/mol. The van der Waals surface area contributed by atoms with Crippen LogP contribution in [0.25, 0.3) is 0 Å². The van der Waals surface area contributed by atoms with Crippen molar-refractivity contribution in [3.05, 3.63) is 18.3 Å². The van der Waals surface area contributed by atoms with Crippen LogP contribution >= 0.6 is 0 Å². The van der Waals surface area contributed by atoms with Crippen molar-refractivity contribution in [1.82, 2.24) is 15.0 Å². The van der Waals surface area contributed by atoms with E-state index in [-0.39, 0.29) is 17.3 Å². The molecule has 20 heavy (non-hydrogen) atoms. The molecular weight excluding hydrogens is 280 g/mol. The molecule has 1 aromatic rings. The molecule has 1 heterocycles. The first-order valence-electron chi connectivity index (χ1n) is 6.46. The number of nitrogens with one attached hydrogen (secondary N) is 3. The molecule has 0 saturated carbocycles. The van der Waals surface area contributed by atoms with Crippen LogP contribution in [0.1, 0.15) is 20.3 Å². The lowest BCUT2D eigenvalue weighted by Gasteiger charge is -2.08. The van der Waals surface area contributed by atoms with E-state index in [1.54, 1.807) is 6.07 Å². The summed E-state index contributed by atoms with van der Waals surface area (Å²) in [5, 5.41) is 5.56. The Morgan fingerprint density at radius 2 is 2.05 bits per heavy atom. The van der Waals surface area contributed by atoms with E-state index in [2.05, 4.69) is 20.3 Å². The smallest absolute Gasteiger partial charge is 0.242 e. The molecule has 3 N–H and O–H groups in total. The predicted molar refractivity (Wildman–Crippen MR) is 76.9 cm³/mol. The summed E-state index contributed by atoms with van der Waals surface area (Å²) in [5.74, 6) is 0.250. The number of carbonyl (C=O) groups excluding carboxylic acids is 1. The largest absolute Gasteiger partial charge is 0.370 e. The Balaban J connectivity index is 2.62. The van der Waals surface area contributed by atoms with Gasteiger partial charge in [-0.1, -0.05) is 6.92 Å². The van der Waals surface area contributed by atoms with Gasteiger partial charge in [-0.15, -0.1) is 0 Å². The molecule has 1 amide bonds. The zero-order valence-corrected chi connectivity index (χ0v) is 12.5. The van der Waals surface area contributed by atoms with Crippen LogP contribution in [-0.4, -0.2) is 38.9 Å². The summed E-state index contributed by atoms with van der Waals surface area (Å²) < 4.78 is 26.1. The molecule has 0 radical (unpaired) electrons. The number of nitrogens with zero attached hydrogens (tertiary/aromatic N) is 1. The minimum atomic E-state index is -3.71. The molecule has 112 valence electrons. The van der Waals surface area contributed by atoms with Gasteiger partial charge in [0, 0.05) is 19.3 Å². The van der Waals surface area contributed by atoms with Crippen molar-refractivity contribution in [2.24, 2.45) is 0 Å². The van der Waals surface area contributed by atoms with Crippen molar-refractivity contribution >= 4 is 21.7 Å². The Morgan fingerprint density at radius 1 is 1.30 bits per heavy atom. The summed E-state index contributed by atoms with van der Waals surface area (Å²) in [5.41, 5.74) is 0. The highest BCUT2D eigenvalue weighted by Crippen LogP contribution is 2.10. The normalized spacial score (nSPS) is 11.1. The molecule has 0 saturated heterocycles. The summed E-state index contributed by atoms with van der Waals surface area (Å²) >= 11 is 0. The number of sulfonamides is 1. The van der Waals surface area contributed by atoms with Gasteiger partial charge in [0.15, 0.2) is 0 Å². The van der Waals surface area contributed by atoms with Gasteiger partial charge in [0.1, 0.15) is 10.7 Å². The van der Waals surface area contributed by atoms with Crippen molar-refractivity contribution in [3.63, 3.8) is 0 Å². The SMILES string of the molecule is CCCNC(=O)CNS(=O)(=O)c1ccc(NCC)nc1. The summed E-state index contributed by atoms with van der Waals surface area (Å²) in [6.07, 6.45) is 2.05. The predicted octanol–water partition coefficient (Wildman–Crippen LogP) is 0.318. The summed E-state index contributed by atoms with van der Waals surface area (Å²) in [6, 6.07) is 3.02. The van der Waals surface area contributed by atoms with E-state index in [9.17, 15) is 13.2 Å². The van der Waals surface area contributed by atoms with Crippen molar-refractivity contribution in [2.45, 2.75) is 25.2 Å². The van der Waals surface area contributed by atoms with E-state index >= 15 is 0 Å². The second-order valence-electron chi connectivity index (χ2n) is 4.08. The van der Waals surface area contributed by atoms with E-state index < -0.39 is 10.0 Å². The maximum Gasteiger partial charge on any atom is 0.242 e. The second kappa shape index (κ2) is 7.81. The van der Waals surface area contributed by atoms with Crippen LogP contribution in [0, 0.1) is 0 Å². The number of hydrogen-bond acceptors (Lipinski definition) is 5. The first-order chi connectivity index (χ1) is 9.49. The molecule has 0 atom stereocenters. The lowest BCUT2D eigenvalue weighted by molar-refractivity contribution is -0.119. The van der Waals surface area contributed by atoms with Crippen molar-refractivity contribution in [2.75, 3.05) is 25.0 Å². The average Bonchev–Trinajstić information content (AvgIpc) is 2.44. The molecule has 1 rings (SSSR count). The number of hydrogen-bond donors (Lipinski definition) is 3. The molecule has 0 spiro atoms. The van der Waals surface area contributed by atoms with Crippen molar-refractivity contribution < 1.29 is 13.2 Å². The summed E-state index contributed by atoms with van der Waals surface area (Å²) in [6.45, 7) is 4.79. The molecule has 0 aliphatic heterocycles. The van der Waals surface area contributed by atoms with E-state index in [0.29, 0.717) is 18.9 Å².